The molecule has 6 nitrogen and oxygen atoms in total. The number of aromatic nitrogens is 4. The smallest absolute Gasteiger partial charge is 0.233 e. The Labute approximate surface area is 165 Å². The second-order valence-electron chi connectivity index (χ2n) is 7.68. The van der Waals surface area contributed by atoms with Crippen LogP contribution in [0.4, 0.5) is 0 Å². The van der Waals surface area contributed by atoms with Gasteiger partial charge in [-0.25, -0.2) is 0 Å². The van der Waals surface area contributed by atoms with Crippen molar-refractivity contribution in [3.63, 3.8) is 0 Å². The Morgan fingerprint density at radius 1 is 1.19 bits per heavy atom. The summed E-state index contributed by atoms with van der Waals surface area (Å²) in [6, 6.07) is 8.34. The minimum atomic E-state index is 0.169. The predicted molar refractivity (Wildman–Crippen MR) is 108 cm³/mol. The molecule has 0 bridgehead atoms. The van der Waals surface area contributed by atoms with Crippen molar-refractivity contribution < 1.29 is 4.79 Å². The number of likely N-dealkylation sites (tertiary alicyclic amines) is 1. The molecular formula is C20H29N5OS. The monoisotopic (exact) mass is 387 g/mol. The third kappa shape index (κ3) is 5.31. The van der Waals surface area contributed by atoms with E-state index in [0.29, 0.717) is 22.7 Å². The summed E-state index contributed by atoms with van der Waals surface area (Å²) in [4.78, 5) is 14.6. The minimum absolute atomic E-state index is 0.169. The molecule has 0 aliphatic carbocycles. The zero-order valence-corrected chi connectivity index (χ0v) is 17.3. The van der Waals surface area contributed by atoms with Crippen LogP contribution in [-0.2, 0) is 11.2 Å². The lowest BCUT2D eigenvalue weighted by Gasteiger charge is -2.34. The van der Waals surface area contributed by atoms with E-state index in [-0.39, 0.29) is 5.91 Å². The maximum Gasteiger partial charge on any atom is 0.233 e. The van der Waals surface area contributed by atoms with Gasteiger partial charge in [0.2, 0.25) is 11.1 Å². The molecular weight excluding hydrogens is 358 g/mol. The highest BCUT2D eigenvalue weighted by atomic mass is 32.2. The maximum absolute atomic E-state index is 12.6. The zero-order chi connectivity index (χ0) is 19.2. The van der Waals surface area contributed by atoms with Crippen LogP contribution in [0.5, 0.6) is 0 Å². The molecule has 1 aliphatic heterocycles. The van der Waals surface area contributed by atoms with Gasteiger partial charge in [0, 0.05) is 13.1 Å². The third-order valence-electron chi connectivity index (χ3n) is 4.99. The number of tetrazole rings is 1. The number of hydrogen-bond donors (Lipinski definition) is 0. The number of carbonyl (C=O) groups excluding carboxylic acids is 1. The van der Waals surface area contributed by atoms with E-state index in [1.54, 1.807) is 4.68 Å². The Balaban J connectivity index is 1.61. The van der Waals surface area contributed by atoms with Gasteiger partial charge in [0.1, 0.15) is 0 Å². The number of aryl methyl sites for hydroxylation is 1. The summed E-state index contributed by atoms with van der Waals surface area (Å²) in [6.45, 7) is 8.34. The molecule has 27 heavy (non-hydrogen) atoms. The first kappa shape index (κ1) is 19.9. The van der Waals surface area contributed by atoms with Crippen molar-refractivity contribution >= 4 is 17.7 Å². The van der Waals surface area contributed by atoms with Crippen LogP contribution in [-0.4, -0.2) is 49.9 Å². The summed E-state index contributed by atoms with van der Waals surface area (Å²) >= 11 is 1.41. The van der Waals surface area contributed by atoms with Gasteiger partial charge in [0.25, 0.3) is 0 Å². The van der Waals surface area contributed by atoms with Crippen molar-refractivity contribution in [2.75, 3.05) is 18.8 Å². The van der Waals surface area contributed by atoms with E-state index < -0.39 is 0 Å². The number of hydrogen-bond acceptors (Lipinski definition) is 5. The summed E-state index contributed by atoms with van der Waals surface area (Å²) in [6.07, 6.45) is 4.68. The number of thioether (sulfide) groups is 1. The van der Waals surface area contributed by atoms with Gasteiger partial charge in [-0.1, -0.05) is 51.1 Å². The van der Waals surface area contributed by atoms with Crippen molar-refractivity contribution in [3.05, 3.63) is 29.8 Å². The normalized spacial score (nSPS) is 20.0. The maximum atomic E-state index is 12.6. The van der Waals surface area contributed by atoms with E-state index in [4.69, 9.17) is 0 Å². The van der Waals surface area contributed by atoms with Crippen LogP contribution in [0.2, 0.25) is 0 Å². The first-order chi connectivity index (χ1) is 13.1. The molecule has 1 aromatic heterocycles. The molecule has 1 amide bonds. The van der Waals surface area contributed by atoms with Crippen LogP contribution in [0, 0.1) is 11.8 Å². The van der Waals surface area contributed by atoms with Crippen LogP contribution >= 0.6 is 11.8 Å². The van der Waals surface area contributed by atoms with E-state index in [9.17, 15) is 4.79 Å². The fourth-order valence-electron chi connectivity index (χ4n) is 3.70. The average molecular weight is 388 g/mol. The van der Waals surface area contributed by atoms with E-state index in [1.165, 1.54) is 36.6 Å². The molecule has 1 saturated heterocycles. The molecule has 0 N–H and O–H groups in total. The number of rotatable bonds is 7. The number of benzene rings is 1. The molecule has 0 saturated carbocycles. The van der Waals surface area contributed by atoms with E-state index in [1.807, 2.05) is 17.0 Å². The van der Waals surface area contributed by atoms with Crippen LogP contribution in [0.15, 0.2) is 29.4 Å². The molecule has 1 fully saturated rings. The van der Waals surface area contributed by atoms with Gasteiger partial charge in [-0.3, -0.25) is 4.79 Å². The van der Waals surface area contributed by atoms with E-state index >= 15 is 0 Å². The fourth-order valence-corrected chi connectivity index (χ4v) is 4.49. The lowest BCUT2D eigenvalue weighted by molar-refractivity contribution is -0.130. The number of amides is 1. The fraction of sp³-hybridized carbons (Fsp3) is 0.600. The number of piperidine rings is 1. The molecule has 1 aliphatic rings. The molecule has 2 unspecified atom stereocenters. The van der Waals surface area contributed by atoms with E-state index in [0.717, 1.165) is 25.2 Å². The quantitative estimate of drug-likeness (QED) is 0.679. The van der Waals surface area contributed by atoms with Gasteiger partial charge in [-0.05, 0) is 59.2 Å². The van der Waals surface area contributed by atoms with Crippen LogP contribution in [0.3, 0.4) is 0 Å². The third-order valence-corrected chi connectivity index (χ3v) is 5.89. The summed E-state index contributed by atoms with van der Waals surface area (Å²) in [5.41, 5.74) is 2.25. The SMILES string of the molecule is CCCCc1ccc(-n2nnnc2SCC(=O)N2CC(C)CC(C)C2)cc1. The molecule has 2 atom stereocenters. The summed E-state index contributed by atoms with van der Waals surface area (Å²) in [5.74, 6) is 1.68. The molecule has 1 aromatic carbocycles. The standard InChI is InChI=1S/C20H29N5OS/c1-4-5-6-17-7-9-18(10-8-17)25-20(21-22-23-25)27-14-19(26)24-12-15(2)11-16(3)13-24/h7-10,15-16H,4-6,11-14H2,1-3H3. The topological polar surface area (TPSA) is 63.9 Å². The Hall–Kier alpha value is -1.89. The van der Waals surface area contributed by atoms with E-state index in [2.05, 4.69) is 48.4 Å². The molecule has 0 spiro atoms. The van der Waals surface area contributed by atoms with Crippen LogP contribution < -0.4 is 0 Å². The van der Waals surface area contributed by atoms with Gasteiger partial charge in [-0.15, -0.1) is 5.10 Å². The molecule has 7 heteroatoms. The van der Waals surface area contributed by atoms with Gasteiger partial charge in [0.05, 0.1) is 11.4 Å². The zero-order valence-electron chi connectivity index (χ0n) is 16.5. The highest BCUT2D eigenvalue weighted by molar-refractivity contribution is 7.99. The first-order valence-corrected chi connectivity index (χ1v) is 10.8. The Kier molecular flexibility index (Phi) is 6.88. The Morgan fingerprint density at radius 2 is 1.89 bits per heavy atom. The minimum Gasteiger partial charge on any atom is -0.341 e. The molecule has 3 rings (SSSR count). The van der Waals surface area contributed by atoms with Crippen LogP contribution in [0.25, 0.3) is 5.69 Å². The first-order valence-electron chi connectivity index (χ1n) is 9.85. The van der Waals surface area contributed by atoms with Crippen molar-refractivity contribution in [1.29, 1.82) is 0 Å². The highest BCUT2D eigenvalue weighted by Gasteiger charge is 2.25. The number of carbonyl (C=O) groups is 1. The Morgan fingerprint density at radius 3 is 2.56 bits per heavy atom. The molecule has 2 heterocycles. The molecule has 146 valence electrons. The average Bonchev–Trinajstić information content (AvgIpc) is 3.12. The molecule has 0 radical (unpaired) electrons. The lowest BCUT2D eigenvalue weighted by Crippen LogP contribution is -2.43. The van der Waals surface area contributed by atoms with Crippen molar-refractivity contribution in [2.24, 2.45) is 11.8 Å². The van der Waals surface area contributed by atoms with Gasteiger partial charge < -0.3 is 4.90 Å². The van der Waals surface area contributed by atoms with Crippen molar-refractivity contribution in [2.45, 2.75) is 51.6 Å². The molecule has 2 aromatic rings. The summed E-state index contributed by atoms with van der Waals surface area (Å²) < 4.78 is 1.71. The van der Waals surface area contributed by atoms with Gasteiger partial charge in [-0.2, -0.15) is 4.68 Å². The summed E-state index contributed by atoms with van der Waals surface area (Å²) in [7, 11) is 0. The lowest BCUT2D eigenvalue weighted by atomic mass is 9.92. The van der Waals surface area contributed by atoms with Crippen molar-refractivity contribution in [3.8, 4) is 5.69 Å². The number of nitrogens with zero attached hydrogens (tertiary/aromatic N) is 5. The number of unbranched alkanes of at least 4 members (excludes halogenated alkanes) is 1. The van der Waals surface area contributed by atoms with Gasteiger partial charge in [0.15, 0.2) is 0 Å². The van der Waals surface area contributed by atoms with Gasteiger partial charge >= 0.3 is 0 Å². The second kappa shape index (κ2) is 9.35. The second-order valence-corrected chi connectivity index (χ2v) is 8.62. The van der Waals surface area contributed by atoms with Crippen LogP contribution in [0.1, 0.15) is 45.6 Å². The highest BCUT2D eigenvalue weighted by Crippen LogP contribution is 2.23. The Bertz CT molecular complexity index is 735. The summed E-state index contributed by atoms with van der Waals surface area (Å²) in [5, 5.41) is 12.7. The largest absolute Gasteiger partial charge is 0.341 e. The van der Waals surface area contributed by atoms with Crippen molar-refractivity contribution in [1.82, 2.24) is 25.1 Å². The predicted octanol–water partition coefficient (Wildman–Crippen LogP) is 3.60.